The van der Waals surface area contributed by atoms with Gasteiger partial charge in [-0.3, -0.25) is 4.79 Å². The average molecular weight is 314 g/mol. The molecule has 0 aliphatic carbocycles. The Bertz CT molecular complexity index is 434. The van der Waals surface area contributed by atoms with Gasteiger partial charge in [-0.05, 0) is 30.5 Å². The Morgan fingerprint density at radius 3 is 2.48 bits per heavy atom. The van der Waals surface area contributed by atoms with Crippen LogP contribution in [0.25, 0.3) is 0 Å². The maximum Gasteiger partial charge on any atom is 0.222 e. The molecule has 0 spiro atoms. The highest BCUT2D eigenvalue weighted by atomic mass is 35.5. The fraction of sp³-hybridized carbons (Fsp3) is 0.562. The molecule has 0 aliphatic rings. The van der Waals surface area contributed by atoms with Crippen LogP contribution in [0.3, 0.4) is 0 Å². The van der Waals surface area contributed by atoms with Crippen molar-refractivity contribution in [3.8, 4) is 0 Å². The van der Waals surface area contributed by atoms with Crippen LogP contribution in [0, 0.1) is 5.92 Å². The highest BCUT2D eigenvalue weighted by Gasteiger charge is 2.18. The number of aliphatic hydroxyl groups is 1. The Labute approximate surface area is 131 Å². The van der Waals surface area contributed by atoms with Crippen LogP contribution in [0.15, 0.2) is 24.3 Å². The Kier molecular flexibility index (Phi) is 7.72. The first-order chi connectivity index (χ1) is 9.90. The van der Waals surface area contributed by atoms with E-state index in [1.165, 1.54) is 0 Å². The Balaban J connectivity index is 2.36. The van der Waals surface area contributed by atoms with E-state index in [9.17, 15) is 9.90 Å². The lowest BCUT2D eigenvalue weighted by molar-refractivity contribution is -0.123. The van der Waals surface area contributed by atoms with Gasteiger partial charge in [0.05, 0.1) is 18.8 Å². The van der Waals surface area contributed by atoms with Crippen molar-refractivity contribution in [2.45, 2.75) is 39.3 Å². The van der Waals surface area contributed by atoms with Crippen LogP contribution in [-0.4, -0.2) is 30.3 Å². The van der Waals surface area contributed by atoms with Crippen molar-refractivity contribution in [1.29, 1.82) is 0 Å². The number of hydrogen-bond acceptors (Lipinski definition) is 3. The van der Waals surface area contributed by atoms with Crippen molar-refractivity contribution >= 4 is 17.5 Å². The zero-order valence-electron chi connectivity index (χ0n) is 12.8. The predicted molar refractivity (Wildman–Crippen MR) is 84.3 cm³/mol. The van der Waals surface area contributed by atoms with E-state index in [0.717, 1.165) is 5.56 Å². The number of nitrogens with one attached hydrogen (secondary N) is 1. The summed E-state index contributed by atoms with van der Waals surface area (Å²) in [5.74, 6) is 0.331. The number of rotatable bonds is 8. The van der Waals surface area contributed by atoms with Gasteiger partial charge in [0.2, 0.25) is 5.91 Å². The smallest absolute Gasteiger partial charge is 0.222 e. The summed E-state index contributed by atoms with van der Waals surface area (Å²) in [4.78, 5) is 11.8. The summed E-state index contributed by atoms with van der Waals surface area (Å²) in [6, 6.07) is 6.56. The molecule has 0 radical (unpaired) electrons. The molecule has 2 atom stereocenters. The van der Waals surface area contributed by atoms with Gasteiger partial charge in [0.15, 0.2) is 0 Å². The molecule has 1 amide bonds. The minimum atomic E-state index is -0.761. The largest absolute Gasteiger partial charge is 0.386 e. The van der Waals surface area contributed by atoms with Crippen LogP contribution in [0.1, 0.15) is 38.9 Å². The van der Waals surface area contributed by atoms with Gasteiger partial charge in [-0.25, -0.2) is 0 Å². The maximum atomic E-state index is 11.8. The number of aliphatic hydroxyl groups excluding tert-OH is 1. The number of halogens is 1. The minimum Gasteiger partial charge on any atom is -0.386 e. The fourth-order valence-corrected chi connectivity index (χ4v) is 1.96. The summed E-state index contributed by atoms with van der Waals surface area (Å²) in [5, 5.41) is 13.6. The summed E-state index contributed by atoms with van der Waals surface area (Å²) in [6.07, 6.45) is -0.465. The van der Waals surface area contributed by atoms with E-state index in [1.807, 2.05) is 0 Å². The molecule has 2 unspecified atom stereocenters. The van der Waals surface area contributed by atoms with Crippen LogP contribution in [-0.2, 0) is 9.53 Å². The zero-order valence-corrected chi connectivity index (χ0v) is 13.6. The fourth-order valence-electron chi connectivity index (χ4n) is 1.84. The number of benzene rings is 1. The van der Waals surface area contributed by atoms with Gasteiger partial charge in [0.25, 0.3) is 0 Å². The maximum absolute atomic E-state index is 11.8. The van der Waals surface area contributed by atoms with Crippen molar-refractivity contribution in [2.75, 3.05) is 13.2 Å². The monoisotopic (exact) mass is 313 g/mol. The molecule has 0 fully saturated rings. The van der Waals surface area contributed by atoms with Crippen molar-refractivity contribution in [3.05, 3.63) is 34.9 Å². The second-order valence-electron chi connectivity index (χ2n) is 5.57. The Morgan fingerprint density at radius 2 is 1.90 bits per heavy atom. The van der Waals surface area contributed by atoms with Gasteiger partial charge in [0.1, 0.15) is 0 Å². The van der Waals surface area contributed by atoms with Crippen LogP contribution in [0.2, 0.25) is 5.02 Å². The normalized spacial score (nSPS) is 14.0. The van der Waals surface area contributed by atoms with Gasteiger partial charge in [0, 0.05) is 18.1 Å². The van der Waals surface area contributed by atoms with Crippen LogP contribution in [0.5, 0.6) is 0 Å². The van der Waals surface area contributed by atoms with E-state index in [4.69, 9.17) is 16.3 Å². The zero-order chi connectivity index (χ0) is 15.8. The van der Waals surface area contributed by atoms with Gasteiger partial charge in [-0.15, -0.1) is 0 Å². The number of carbonyl (C=O) groups excluding carboxylic acids is 1. The third-order valence-corrected chi connectivity index (χ3v) is 3.25. The summed E-state index contributed by atoms with van der Waals surface area (Å²) < 4.78 is 5.37. The quantitative estimate of drug-likeness (QED) is 0.725. The summed E-state index contributed by atoms with van der Waals surface area (Å²) in [6.45, 7) is 6.94. The van der Waals surface area contributed by atoms with E-state index in [2.05, 4.69) is 19.2 Å². The van der Waals surface area contributed by atoms with Gasteiger partial charge < -0.3 is 15.2 Å². The van der Waals surface area contributed by atoms with Crippen LogP contribution >= 0.6 is 11.6 Å². The molecule has 5 heteroatoms. The minimum absolute atomic E-state index is 0.126. The van der Waals surface area contributed by atoms with Crippen LogP contribution in [0.4, 0.5) is 0 Å². The lowest BCUT2D eigenvalue weighted by Crippen LogP contribution is -2.37. The molecule has 1 rings (SSSR count). The van der Waals surface area contributed by atoms with Gasteiger partial charge in [-0.2, -0.15) is 0 Å². The molecule has 0 bridgehead atoms. The topological polar surface area (TPSA) is 58.6 Å². The Hall–Kier alpha value is -1.10. The van der Waals surface area contributed by atoms with Crippen molar-refractivity contribution in [2.24, 2.45) is 5.92 Å². The van der Waals surface area contributed by atoms with E-state index in [-0.39, 0.29) is 11.9 Å². The molecule has 4 nitrogen and oxygen atoms in total. The number of hydrogen-bond donors (Lipinski definition) is 2. The first-order valence-electron chi connectivity index (χ1n) is 7.20. The molecule has 0 heterocycles. The van der Waals surface area contributed by atoms with Gasteiger partial charge >= 0.3 is 0 Å². The number of carbonyl (C=O) groups is 1. The molecule has 1 aromatic carbocycles. The second-order valence-corrected chi connectivity index (χ2v) is 6.01. The van der Waals surface area contributed by atoms with Gasteiger partial charge in [-0.1, -0.05) is 37.6 Å². The molecular weight excluding hydrogens is 290 g/mol. The predicted octanol–water partition coefficient (Wildman–Crippen LogP) is 2.94. The molecule has 0 saturated heterocycles. The van der Waals surface area contributed by atoms with E-state index < -0.39 is 6.10 Å². The standard InChI is InChI=1S/C16H24ClNO3/c1-11(2)10-21-9-8-15(19)18-12(3)16(20)13-4-6-14(17)7-5-13/h4-7,11-12,16,20H,8-10H2,1-3H3,(H,18,19). The van der Waals surface area contributed by atoms with Crippen molar-refractivity contribution < 1.29 is 14.6 Å². The molecule has 2 N–H and O–H groups in total. The SMILES string of the molecule is CC(C)COCCC(=O)NC(C)C(O)c1ccc(Cl)cc1. The third-order valence-electron chi connectivity index (χ3n) is 3.00. The van der Waals surface area contributed by atoms with Crippen molar-refractivity contribution in [1.82, 2.24) is 5.32 Å². The molecule has 0 aromatic heterocycles. The summed E-state index contributed by atoms with van der Waals surface area (Å²) in [5.41, 5.74) is 0.725. The molecule has 0 aliphatic heterocycles. The first-order valence-corrected chi connectivity index (χ1v) is 7.58. The second kappa shape index (κ2) is 9.03. The van der Waals surface area contributed by atoms with E-state index in [0.29, 0.717) is 30.6 Å². The highest BCUT2D eigenvalue weighted by molar-refractivity contribution is 6.30. The first kappa shape index (κ1) is 18.0. The number of ether oxygens (including phenoxy) is 1. The van der Waals surface area contributed by atoms with Crippen molar-refractivity contribution in [3.63, 3.8) is 0 Å². The molecule has 21 heavy (non-hydrogen) atoms. The lowest BCUT2D eigenvalue weighted by atomic mass is 10.0. The third kappa shape index (κ3) is 6.93. The summed E-state index contributed by atoms with van der Waals surface area (Å²) in [7, 11) is 0. The molecule has 1 aromatic rings. The van der Waals surface area contributed by atoms with E-state index in [1.54, 1.807) is 31.2 Å². The molecular formula is C16H24ClNO3. The summed E-state index contributed by atoms with van der Waals surface area (Å²) >= 11 is 5.81. The lowest BCUT2D eigenvalue weighted by Gasteiger charge is -2.20. The Morgan fingerprint density at radius 1 is 1.29 bits per heavy atom. The average Bonchev–Trinajstić information content (AvgIpc) is 2.43. The van der Waals surface area contributed by atoms with Crippen LogP contribution < -0.4 is 5.32 Å². The highest BCUT2D eigenvalue weighted by Crippen LogP contribution is 2.19. The molecule has 118 valence electrons. The number of amides is 1. The van der Waals surface area contributed by atoms with E-state index >= 15 is 0 Å². The molecule has 0 saturated carbocycles.